The monoisotopic (exact) mass is 359 g/mol. The molecule has 0 heterocycles. The van der Waals surface area contributed by atoms with E-state index in [1.165, 1.54) is 6.07 Å². The number of benzene rings is 1. The SMILES string of the molecule is Cl.N[C@@H](c1cc(Br)cc(C(F)(F)F)c1)[C@H](O)C1CC1. The summed E-state index contributed by atoms with van der Waals surface area (Å²) in [5.41, 5.74) is 5.37. The van der Waals surface area contributed by atoms with Crippen LogP contribution in [-0.4, -0.2) is 11.2 Å². The number of hydrogen-bond acceptors (Lipinski definition) is 2. The molecule has 1 aliphatic rings. The summed E-state index contributed by atoms with van der Waals surface area (Å²) in [6, 6.07) is 2.74. The minimum absolute atomic E-state index is 0. The summed E-state index contributed by atoms with van der Waals surface area (Å²) in [5, 5.41) is 9.87. The zero-order chi connectivity index (χ0) is 13.5. The lowest BCUT2D eigenvalue weighted by molar-refractivity contribution is -0.137. The third kappa shape index (κ3) is 4.08. The van der Waals surface area contributed by atoms with Crippen LogP contribution in [0.2, 0.25) is 0 Å². The van der Waals surface area contributed by atoms with Gasteiger partial charge in [-0.25, -0.2) is 0 Å². The van der Waals surface area contributed by atoms with Gasteiger partial charge in [-0.2, -0.15) is 13.2 Å². The average molecular weight is 361 g/mol. The van der Waals surface area contributed by atoms with Crippen molar-refractivity contribution in [3.05, 3.63) is 33.8 Å². The fourth-order valence-electron chi connectivity index (χ4n) is 1.90. The number of halogens is 5. The predicted molar refractivity (Wildman–Crippen MR) is 72.1 cm³/mol. The molecule has 1 fully saturated rings. The Hall–Kier alpha value is -0.300. The Morgan fingerprint density at radius 2 is 1.84 bits per heavy atom. The molecule has 0 bridgehead atoms. The lowest BCUT2D eigenvalue weighted by Gasteiger charge is -2.20. The third-order valence-corrected chi connectivity index (χ3v) is 3.56. The molecule has 1 aliphatic carbocycles. The van der Waals surface area contributed by atoms with E-state index in [1.54, 1.807) is 0 Å². The minimum atomic E-state index is -4.41. The van der Waals surface area contributed by atoms with E-state index >= 15 is 0 Å². The molecular weight excluding hydrogens is 346 g/mol. The summed E-state index contributed by atoms with van der Waals surface area (Å²) in [7, 11) is 0. The first kappa shape index (κ1) is 16.8. The van der Waals surface area contributed by atoms with Crippen LogP contribution >= 0.6 is 28.3 Å². The minimum Gasteiger partial charge on any atom is -0.391 e. The lowest BCUT2D eigenvalue weighted by atomic mass is 9.97. The lowest BCUT2D eigenvalue weighted by Crippen LogP contribution is -2.28. The summed E-state index contributed by atoms with van der Waals surface area (Å²) in [6.45, 7) is 0. The van der Waals surface area contributed by atoms with Crippen molar-refractivity contribution < 1.29 is 18.3 Å². The molecule has 2 nitrogen and oxygen atoms in total. The van der Waals surface area contributed by atoms with Crippen LogP contribution in [0.4, 0.5) is 13.2 Å². The predicted octanol–water partition coefficient (Wildman–Crippen LogP) is 3.66. The molecule has 0 saturated heterocycles. The highest BCUT2D eigenvalue weighted by Gasteiger charge is 2.36. The zero-order valence-electron chi connectivity index (χ0n) is 9.82. The van der Waals surface area contributed by atoms with Gasteiger partial charge in [0.2, 0.25) is 0 Å². The van der Waals surface area contributed by atoms with Gasteiger partial charge in [0.05, 0.1) is 17.7 Å². The number of rotatable bonds is 3. The normalized spacial score (nSPS) is 18.6. The van der Waals surface area contributed by atoms with Crippen molar-refractivity contribution in [2.24, 2.45) is 11.7 Å². The molecule has 2 atom stereocenters. The second-order valence-corrected chi connectivity index (χ2v) is 5.54. The fourth-order valence-corrected chi connectivity index (χ4v) is 2.41. The summed E-state index contributed by atoms with van der Waals surface area (Å²) >= 11 is 3.04. The molecule has 19 heavy (non-hydrogen) atoms. The topological polar surface area (TPSA) is 46.2 Å². The first-order chi connectivity index (χ1) is 8.29. The number of aliphatic hydroxyl groups is 1. The van der Waals surface area contributed by atoms with Crippen LogP contribution in [0.5, 0.6) is 0 Å². The first-order valence-corrected chi connectivity index (χ1v) is 6.39. The van der Waals surface area contributed by atoms with Crippen LogP contribution in [0.15, 0.2) is 22.7 Å². The van der Waals surface area contributed by atoms with Crippen molar-refractivity contribution in [1.29, 1.82) is 0 Å². The molecule has 0 radical (unpaired) electrons. The van der Waals surface area contributed by atoms with Crippen LogP contribution in [0, 0.1) is 5.92 Å². The van der Waals surface area contributed by atoms with E-state index in [4.69, 9.17) is 5.73 Å². The van der Waals surface area contributed by atoms with Crippen molar-refractivity contribution in [2.45, 2.75) is 31.2 Å². The number of hydrogen-bond donors (Lipinski definition) is 2. The second-order valence-electron chi connectivity index (χ2n) is 4.62. The summed E-state index contributed by atoms with van der Waals surface area (Å²) in [5.74, 6) is 0.119. The van der Waals surface area contributed by atoms with Gasteiger partial charge in [-0.15, -0.1) is 12.4 Å². The average Bonchev–Trinajstić information content (AvgIpc) is 3.08. The summed E-state index contributed by atoms with van der Waals surface area (Å²) in [6.07, 6.45) is -3.42. The zero-order valence-corrected chi connectivity index (χ0v) is 12.2. The van der Waals surface area contributed by atoms with Crippen molar-refractivity contribution in [1.82, 2.24) is 0 Å². The van der Waals surface area contributed by atoms with Crippen LogP contribution in [-0.2, 0) is 6.18 Å². The van der Waals surface area contributed by atoms with Crippen molar-refractivity contribution in [2.75, 3.05) is 0 Å². The molecule has 7 heteroatoms. The van der Waals surface area contributed by atoms with Gasteiger partial charge in [0.1, 0.15) is 0 Å². The largest absolute Gasteiger partial charge is 0.416 e. The summed E-state index contributed by atoms with van der Waals surface area (Å²) in [4.78, 5) is 0. The van der Waals surface area contributed by atoms with Gasteiger partial charge in [-0.3, -0.25) is 0 Å². The van der Waals surface area contributed by atoms with Crippen LogP contribution in [0.25, 0.3) is 0 Å². The van der Waals surface area contributed by atoms with Gasteiger partial charge in [0.25, 0.3) is 0 Å². The summed E-state index contributed by atoms with van der Waals surface area (Å²) < 4.78 is 38.3. The molecule has 0 amide bonds. The maximum absolute atomic E-state index is 12.7. The van der Waals surface area contributed by atoms with Crippen LogP contribution in [0.1, 0.15) is 30.0 Å². The van der Waals surface area contributed by atoms with Crippen molar-refractivity contribution in [3.63, 3.8) is 0 Å². The standard InChI is InChI=1S/C12H13BrF3NO.ClH/c13-9-4-7(3-8(5-9)12(14,15)16)10(17)11(18)6-1-2-6;/h3-6,10-11,18H,1-2,17H2;1H/t10-,11+;/m0./s1. The Balaban J connectivity index is 0.00000180. The van der Waals surface area contributed by atoms with E-state index < -0.39 is 23.9 Å². The van der Waals surface area contributed by atoms with E-state index in [2.05, 4.69) is 15.9 Å². The third-order valence-electron chi connectivity index (χ3n) is 3.11. The Labute approximate surface area is 123 Å². The van der Waals surface area contributed by atoms with E-state index in [-0.39, 0.29) is 18.3 Å². The van der Waals surface area contributed by atoms with E-state index in [1.807, 2.05) is 0 Å². The van der Waals surface area contributed by atoms with Crippen LogP contribution in [0.3, 0.4) is 0 Å². The van der Waals surface area contributed by atoms with Crippen molar-refractivity contribution in [3.8, 4) is 0 Å². The molecule has 0 spiro atoms. The molecule has 1 saturated carbocycles. The maximum Gasteiger partial charge on any atom is 0.416 e. The molecule has 108 valence electrons. The fraction of sp³-hybridized carbons (Fsp3) is 0.500. The van der Waals surface area contributed by atoms with Gasteiger partial charge in [0.15, 0.2) is 0 Å². The van der Waals surface area contributed by atoms with Gasteiger partial charge in [0, 0.05) is 4.47 Å². The highest BCUT2D eigenvalue weighted by atomic mass is 79.9. The van der Waals surface area contributed by atoms with Crippen molar-refractivity contribution >= 4 is 28.3 Å². The Morgan fingerprint density at radius 3 is 2.32 bits per heavy atom. The van der Waals surface area contributed by atoms with E-state index in [9.17, 15) is 18.3 Å². The van der Waals surface area contributed by atoms with E-state index in [0.29, 0.717) is 10.0 Å². The number of aliphatic hydroxyl groups excluding tert-OH is 1. The molecule has 1 aromatic rings. The maximum atomic E-state index is 12.7. The number of alkyl halides is 3. The second kappa shape index (κ2) is 5.99. The van der Waals surface area contributed by atoms with Gasteiger partial charge in [-0.1, -0.05) is 15.9 Å². The first-order valence-electron chi connectivity index (χ1n) is 5.60. The molecule has 0 aliphatic heterocycles. The highest BCUT2D eigenvalue weighted by molar-refractivity contribution is 9.10. The van der Waals surface area contributed by atoms with Gasteiger partial charge < -0.3 is 10.8 Å². The van der Waals surface area contributed by atoms with Gasteiger partial charge >= 0.3 is 6.18 Å². The molecular formula is C12H14BrClF3NO. The highest BCUT2D eigenvalue weighted by Crippen LogP contribution is 2.39. The van der Waals surface area contributed by atoms with E-state index in [0.717, 1.165) is 25.0 Å². The number of nitrogens with two attached hydrogens (primary N) is 1. The Kier molecular flexibility index (Phi) is 5.28. The Morgan fingerprint density at radius 1 is 1.26 bits per heavy atom. The van der Waals surface area contributed by atoms with Gasteiger partial charge in [-0.05, 0) is 42.5 Å². The molecule has 0 aromatic heterocycles. The quantitative estimate of drug-likeness (QED) is 0.864. The Bertz CT molecular complexity index is 451. The molecule has 3 N–H and O–H groups in total. The smallest absolute Gasteiger partial charge is 0.391 e. The molecule has 2 rings (SSSR count). The molecule has 0 unspecified atom stereocenters. The molecule has 1 aromatic carbocycles. The van der Waals surface area contributed by atoms with Crippen LogP contribution < -0.4 is 5.73 Å².